The van der Waals surface area contributed by atoms with Crippen molar-refractivity contribution in [3.05, 3.63) is 11.3 Å². The van der Waals surface area contributed by atoms with Gasteiger partial charge in [0.2, 0.25) is 0 Å². The van der Waals surface area contributed by atoms with Gasteiger partial charge in [-0.2, -0.15) is 5.26 Å². The van der Waals surface area contributed by atoms with E-state index in [1.165, 1.54) is 6.29 Å². The molecule has 5 heteroatoms. The predicted octanol–water partition coefficient (Wildman–Crippen LogP) is 7.49. The Bertz CT molecular complexity index is 981. The van der Waals surface area contributed by atoms with E-state index in [-0.39, 0.29) is 45.4 Å². The van der Waals surface area contributed by atoms with Gasteiger partial charge >= 0.3 is 0 Å². The number of carbonyl (C=O) groups excluding carboxylic acids is 1. The van der Waals surface area contributed by atoms with Crippen molar-refractivity contribution >= 4 is 6.29 Å². The Morgan fingerprint density at radius 2 is 1.62 bits per heavy atom. The van der Waals surface area contributed by atoms with Crippen molar-refractivity contribution in [1.82, 2.24) is 0 Å². The van der Waals surface area contributed by atoms with Gasteiger partial charge in [0, 0.05) is 17.3 Å². The summed E-state index contributed by atoms with van der Waals surface area (Å²) in [4.78, 5) is 12.5. The number of hydrogen-bond acceptors (Lipinski definition) is 5. The van der Waals surface area contributed by atoms with Crippen LogP contribution >= 0.6 is 0 Å². The molecule has 3 aliphatic carbocycles. The molecule has 37 heavy (non-hydrogen) atoms. The molecular weight excluding hydrogens is 462 g/mol. The summed E-state index contributed by atoms with van der Waals surface area (Å²) in [7, 11) is 0. The second-order valence-corrected chi connectivity index (χ2v) is 15.4. The number of aliphatic hydroxyl groups is 2. The zero-order chi connectivity index (χ0) is 27.7. The summed E-state index contributed by atoms with van der Waals surface area (Å²) in [6, 6.07) is 2.32. The lowest BCUT2D eigenvalue weighted by Gasteiger charge is -2.65. The number of hydrogen-bond donors (Lipinski definition) is 2. The number of fused-ring (bicyclic) bond motifs is 3. The molecule has 0 amide bonds. The topological polar surface area (TPSA) is 90.6 Å². The molecule has 208 valence electrons. The molecule has 5 nitrogen and oxygen atoms in total. The molecule has 2 saturated carbocycles. The number of ether oxygens (including phenoxy) is 1. The summed E-state index contributed by atoms with van der Waals surface area (Å²) in [5, 5.41) is 32.1. The van der Waals surface area contributed by atoms with Crippen LogP contribution in [0.3, 0.4) is 0 Å². The molecule has 1 heterocycles. The molecular formula is C32H51NO4. The van der Waals surface area contributed by atoms with Crippen molar-refractivity contribution in [2.45, 2.75) is 132 Å². The summed E-state index contributed by atoms with van der Waals surface area (Å²) in [5.74, 6) is 0.578. The number of allylic oxidation sites excluding steroid dienone is 2. The number of nitriles is 1. The fourth-order valence-electron chi connectivity index (χ4n) is 9.63. The van der Waals surface area contributed by atoms with Crippen molar-refractivity contribution < 1.29 is 19.7 Å². The Kier molecular flexibility index (Phi) is 7.03. The predicted molar refractivity (Wildman–Crippen MR) is 145 cm³/mol. The summed E-state index contributed by atoms with van der Waals surface area (Å²) in [6.07, 6.45) is 9.02. The van der Waals surface area contributed by atoms with Crippen molar-refractivity contribution in [2.75, 3.05) is 0 Å². The average molecular weight is 514 g/mol. The van der Waals surface area contributed by atoms with Gasteiger partial charge in [0.05, 0.1) is 17.7 Å². The molecule has 1 saturated heterocycles. The van der Waals surface area contributed by atoms with Crippen molar-refractivity contribution in [1.29, 1.82) is 5.26 Å². The normalized spacial score (nSPS) is 44.6. The molecule has 4 rings (SSSR count). The van der Waals surface area contributed by atoms with Crippen LogP contribution in [0.25, 0.3) is 0 Å². The van der Waals surface area contributed by atoms with E-state index in [4.69, 9.17) is 4.74 Å². The van der Waals surface area contributed by atoms with E-state index in [1.54, 1.807) is 0 Å². The first-order valence-corrected chi connectivity index (χ1v) is 14.6. The molecule has 0 aromatic heterocycles. The third-order valence-corrected chi connectivity index (χ3v) is 12.8. The molecule has 2 unspecified atom stereocenters. The lowest BCUT2D eigenvalue weighted by molar-refractivity contribution is -0.177. The zero-order valence-corrected chi connectivity index (χ0v) is 24.6. The van der Waals surface area contributed by atoms with E-state index >= 15 is 0 Å². The average Bonchev–Trinajstić information content (AvgIpc) is 2.90. The van der Waals surface area contributed by atoms with E-state index in [1.807, 2.05) is 0 Å². The third kappa shape index (κ3) is 4.29. The van der Waals surface area contributed by atoms with Gasteiger partial charge in [-0.15, -0.1) is 0 Å². The van der Waals surface area contributed by atoms with Crippen LogP contribution in [0.1, 0.15) is 120 Å². The molecule has 2 N–H and O–H groups in total. The van der Waals surface area contributed by atoms with Gasteiger partial charge in [-0.25, -0.2) is 0 Å². The van der Waals surface area contributed by atoms with E-state index in [0.717, 1.165) is 51.4 Å². The van der Waals surface area contributed by atoms with Crippen molar-refractivity contribution in [2.24, 2.45) is 44.3 Å². The molecule has 0 bridgehead atoms. The van der Waals surface area contributed by atoms with Gasteiger partial charge in [-0.1, -0.05) is 48.5 Å². The minimum absolute atomic E-state index is 0.122. The highest BCUT2D eigenvalue weighted by Crippen LogP contribution is 2.71. The molecule has 1 aliphatic heterocycles. The summed E-state index contributed by atoms with van der Waals surface area (Å²) < 4.78 is 6.32. The smallest absolute Gasteiger partial charge is 0.155 e. The Balaban J connectivity index is 1.73. The quantitative estimate of drug-likeness (QED) is 0.380. The zero-order valence-electron chi connectivity index (χ0n) is 24.6. The van der Waals surface area contributed by atoms with Crippen LogP contribution in [-0.2, 0) is 9.53 Å². The van der Waals surface area contributed by atoms with Gasteiger partial charge in [-0.05, 0) is 98.2 Å². The van der Waals surface area contributed by atoms with E-state index in [9.17, 15) is 20.3 Å². The van der Waals surface area contributed by atoms with Crippen LogP contribution in [0.2, 0.25) is 0 Å². The monoisotopic (exact) mass is 513 g/mol. The first kappa shape index (κ1) is 28.6. The van der Waals surface area contributed by atoms with Gasteiger partial charge in [-0.3, -0.25) is 0 Å². The number of carbonyl (C=O) groups is 1. The number of nitrogens with zero attached hydrogens (tertiary/aromatic N) is 1. The Hall–Kier alpha value is -1.38. The largest absolute Gasteiger partial charge is 0.511 e. The number of aldehydes is 1. The second kappa shape index (κ2) is 9.09. The number of aliphatic hydroxyl groups excluding tert-OH is 2. The fourth-order valence-corrected chi connectivity index (χ4v) is 9.63. The minimum Gasteiger partial charge on any atom is -0.511 e. The molecule has 0 spiro atoms. The van der Waals surface area contributed by atoms with Gasteiger partial charge in [0.15, 0.2) is 6.29 Å². The van der Waals surface area contributed by atoms with Gasteiger partial charge in [0.1, 0.15) is 12.0 Å². The summed E-state index contributed by atoms with van der Waals surface area (Å²) in [6.45, 7) is 17.9. The highest BCUT2D eigenvalue weighted by Gasteiger charge is 2.66. The third-order valence-electron chi connectivity index (χ3n) is 12.8. The molecule has 4 aliphatic rings. The van der Waals surface area contributed by atoms with Crippen molar-refractivity contribution in [3.8, 4) is 6.07 Å². The Labute approximate surface area is 225 Å². The SMILES string of the molecule is CC1OC(O)C[C@@H]2[C@@]3(C)CC(C#N)=C(O)C(C)(C)[C@@H]3CC[C@@]2(C)[C@]1(C)CCC1(C=O)CCC(C)(C)CC1. The van der Waals surface area contributed by atoms with Crippen LogP contribution in [0.15, 0.2) is 11.3 Å². The van der Waals surface area contributed by atoms with Crippen LogP contribution in [0.4, 0.5) is 0 Å². The van der Waals surface area contributed by atoms with Crippen LogP contribution in [-0.4, -0.2) is 28.9 Å². The van der Waals surface area contributed by atoms with Gasteiger partial charge in [0.25, 0.3) is 0 Å². The molecule has 7 atom stereocenters. The first-order chi connectivity index (χ1) is 17.0. The van der Waals surface area contributed by atoms with Crippen LogP contribution in [0, 0.1) is 55.7 Å². The van der Waals surface area contributed by atoms with Crippen molar-refractivity contribution in [3.63, 3.8) is 0 Å². The number of rotatable bonds is 4. The van der Waals surface area contributed by atoms with E-state index in [0.29, 0.717) is 23.8 Å². The molecule has 0 aromatic rings. The summed E-state index contributed by atoms with van der Waals surface area (Å²) >= 11 is 0. The Morgan fingerprint density at radius 1 is 1.00 bits per heavy atom. The van der Waals surface area contributed by atoms with Crippen LogP contribution in [0.5, 0.6) is 0 Å². The Morgan fingerprint density at radius 3 is 2.19 bits per heavy atom. The molecule has 0 aromatic carbocycles. The second-order valence-electron chi connectivity index (χ2n) is 15.4. The highest BCUT2D eigenvalue weighted by molar-refractivity contribution is 5.59. The molecule has 0 radical (unpaired) electrons. The molecule has 3 fully saturated rings. The van der Waals surface area contributed by atoms with E-state index < -0.39 is 11.7 Å². The van der Waals surface area contributed by atoms with Gasteiger partial charge < -0.3 is 19.7 Å². The minimum atomic E-state index is -0.861. The maximum absolute atomic E-state index is 12.5. The van der Waals surface area contributed by atoms with Crippen LogP contribution < -0.4 is 0 Å². The highest BCUT2D eigenvalue weighted by atomic mass is 16.6. The first-order valence-electron chi connectivity index (χ1n) is 14.6. The fraction of sp³-hybridized carbons (Fsp3) is 0.875. The lowest BCUT2D eigenvalue weighted by Crippen LogP contribution is -2.60. The summed E-state index contributed by atoms with van der Waals surface area (Å²) in [5.41, 5.74) is -0.605. The van der Waals surface area contributed by atoms with E-state index in [2.05, 4.69) is 61.5 Å². The standard InChI is InChI=1S/C32H51NO4/c1-21-30(7,13-16-32(20-34)14-11-27(2,3)12-15-32)31(8)10-9-23-28(4,5)26(36)22(19-33)18-29(23,6)24(31)17-25(35)37-21/h20-21,23-25,35-36H,9-18H2,1-8H3/t21?,23-,24+,25?,29-,30+,31+/m0/s1. The maximum Gasteiger partial charge on any atom is 0.155 e. The lowest BCUT2D eigenvalue weighted by atomic mass is 9.38. The maximum atomic E-state index is 12.5.